The van der Waals surface area contributed by atoms with Gasteiger partial charge in [-0.05, 0) is 26.7 Å². The van der Waals surface area contributed by atoms with Crippen LogP contribution in [0.3, 0.4) is 0 Å². The number of carbonyl (C=O) groups is 1. The van der Waals surface area contributed by atoms with Gasteiger partial charge < -0.3 is 10.2 Å². The fraction of sp³-hybridized carbons (Fsp3) is 0.727. The number of hydrogen-bond acceptors (Lipinski definition) is 2. The summed E-state index contributed by atoms with van der Waals surface area (Å²) < 4.78 is 0. The molecule has 0 heterocycles. The summed E-state index contributed by atoms with van der Waals surface area (Å²) in [6, 6.07) is 0.846. The first-order chi connectivity index (χ1) is 6.65. The highest BCUT2D eigenvalue weighted by Crippen LogP contribution is 2.18. The van der Waals surface area contributed by atoms with Crippen LogP contribution in [0.15, 0.2) is 12.7 Å². The van der Waals surface area contributed by atoms with Gasteiger partial charge in [0, 0.05) is 18.6 Å². The Balaban J connectivity index is 2.31. The highest BCUT2D eigenvalue weighted by molar-refractivity contribution is 5.78. The Hall–Kier alpha value is -0.830. The third-order valence-corrected chi connectivity index (χ3v) is 2.39. The molecule has 0 bridgehead atoms. The third kappa shape index (κ3) is 3.50. The van der Waals surface area contributed by atoms with E-state index in [0.717, 1.165) is 0 Å². The van der Waals surface area contributed by atoms with Gasteiger partial charge in [0.05, 0.1) is 6.54 Å². The molecule has 3 nitrogen and oxygen atoms in total. The molecule has 1 amide bonds. The zero-order valence-electron chi connectivity index (χ0n) is 9.12. The molecule has 0 spiro atoms. The van der Waals surface area contributed by atoms with Crippen LogP contribution in [0, 0.1) is 0 Å². The maximum absolute atomic E-state index is 11.7. The monoisotopic (exact) mass is 196 g/mol. The molecule has 3 heteroatoms. The summed E-state index contributed by atoms with van der Waals surface area (Å²) in [4.78, 5) is 13.6. The molecule has 1 N–H and O–H groups in total. The van der Waals surface area contributed by atoms with Gasteiger partial charge in [-0.25, -0.2) is 0 Å². The second-order valence-electron chi connectivity index (χ2n) is 4.08. The van der Waals surface area contributed by atoms with Crippen LogP contribution < -0.4 is 5.32 Å². The van der Waals surface area contributed by atoms with Crippen LogP contribution in [-0.2, 0) is 4.79 Å². The minimum Gasteiger partial charge on any atom is -0.335 e. The molecular weight excluding hydrogens is 176 g/mol. The lowest BCUT2D eigenvalue weighted by molar-refractivity contribution is -0.131. The molecule has 1 rings (SSSR count). The molecular formula is C11H20N2O. The Kier molecular flexibility index (Phi) is 4.14. The second-order valence-corrected chi connectivity index (χ2v) is 4.08. The van der Waals surface area contributed by atoms with Crippen molar-refractivity contribution in [2.75, 3.05) is 13.1 Å². The van der Waals surface area contributed by atoms with E-state index in [0.29, 0.717) is 19.1 Å². The van der Waals surface area contributed by atoms with E-state index in [1.54, 1.807) is 6.08 Å². The van der Waals surface area contributed by atoms with Gasteiger partial charge in [0.2, 0.25) is 5.91 Å². The predicted octanol–water partition coefficient (Wildman–Crippen LogP) is 1.16. The Labute approximate surface area is 86.2 Å². The average molecular weight is 196 g/mol. The third-order valence-electron chi connectivity index (χ3n) is 2.39. The van der Waals surface area contributed by atoms with E-state index < -0.39 is 0 Å². The summed E-state index contributed by atoms with van der Waals surface area (Å²) >= 11 is 0. The summed E-state index contributed by atoms with van der Waals surface area (Å²) in [6.07, 6.45) is 4.21. The molecule has 1 aliphatic carbocycles. The standard InChI is InChI=1S/C11H20N2O/c1-4-7-13(9(2)3)11(14)8-12-10-5-6-10/h4,9-10,12H,1,5-8H2,2-3H3. The first-order valence-electron chi connectivity index (χ1n) is 5.29. The largest absolute Gasteiger partial charge is 0.335 e. The maximum Gasteiger partial charge on any atom is 0.237 e. The zero-order chi connectivity index (χ0) is 10.6. The molecule has 1 saturated carbocycles. The Morgan fingerprint density at radius 1 is 1.64 bits per heavy atom. The van der Waals surface area contributed by atoms with Crippen molar-refractivity contribution in [2.24, 2.45) is 0 Å². The molecule has 80 valence electrons. The SMILES string of the molecule is C=CCN(C(=O)CNC1CC1)C(C)C. The van der Waals surface area contributed by atoms with E-state index in [2.05, 4.69) is 11.9 Å². The van der Waals surface area contributed by atoms with Crippen LogP contribution >= 0.6 is 0 Å². The van der Waals surface area contributed by atoms with Crippen LogP contribution in [0.4, 0.5) is 0 Å². The molecule has 0 aromatic rings. The molecule has 0 saturated heterocycles. The quantitative estimate of drug-likeness (QED) is 0.647. The second kappa shape index (κ2) is 5.15. The molecule has 1 fully saturated rings. The number of nitrogens with one attached hydrogen (secondary N) is 1. The summed E-state index contributed by atoms with van der Waals surface area (Å²) in [5, 5.41) is 3.22. The van der Waals surface area contributed by atoms with Gasteiger partial charge in [0.15, 0.2) is 0 Å². The normalized spacial score (nSPS) is 15.6. The minimum absolute atomic E-state index is 0.173. The first-order valence-corrected chi connectivity index (χ1v) is 5.29. The van der Waals surface area contributed by atoms with Gasteiger partial charge in [-0.2, -0.15) is 0 Å². The van der Waals surface area contributed by atoms with Crippen molar-refractivity contribution in [3.05, 3.63) is 12.7 Å². The van der Waals surface area contributed by atoms with Crippen molar-refractivity contribution in [1.29, 1.82) is 0 Å². The van der Waals surface area contributed by atoms with Crippen molar-refractivity contribution < 1.29 is 4.79 Å². The lowest BCUT2D eigenvalue weighted by Crippen LogP contribution is -2.42. The minimum atomic E-state index is 0.173. The maximum atomic E-state index is 11.7. The number of rotatable bonds is 6. The molecule has 1 aliphatic rings. The van der Waals surface area contributed by atoms with Gasteiger partial charge >= 0.3 is 0 Å². The lowest BCUT2D eigenvalue weighted by atomic mass is 10.3. The number of amides is 1. The molecule has 0 aromatic heterocycles. The Morgan fingerprint density at radius 3 is 2.71 bits per heavy atom. The van der Waals surface area contributed by atoms with Crippen molar-refractivity contribution in [2.45, 2.75) is 38.8 Å². The van der Waals surface area contributed by atoms with Crippen molar-refractivity contribution in [1.82, 2.24) is 10.2 Å². The van der Waals surface area contributed by atoms with Crippen LogP contribution in [0.5, 0.6) is 0 Å². The summed E-state index contributed by atoms with van der Waals surface area (Å²) in [5.41, 5.74) is 0. The van der Waals surface area contributed by atoms with Crippen LogP contribution in [0.25, 0.3) is 0 Å². The smallest absolute Gasteiger partial charge is 0.237 e. The van der Waals surface area contributed by atoms with Crippen LogP contribution in [0.2, 0.25) is 0 Å². The first kappa shape index (κ1) is 11.2. The van der Waals surface area contributed by atoms with Crippen molar-refractivity contribution in [3.63, 3.8) is 0 Å². The number of carbonyl (C=O) groups excluding carboxylic acids is 1. The Bertz CT molecular complexity index is 209. The summed E-state index contributed by atoms with van der Waals surface area (Å²) in [6.45, 7) is 8.82. The highest BCUT2D eigenvalue weighted by atomic mass is 16.2. The molecule has 0 aliphatic heterocycles. The topological polar surface area (TPSA) is 32.3 Å². The van der Waals surface area contributed by atoms with E-state index >= 15 is 0 Å². The van der Waals surface area contributed by atoms with Crippen molar-refractivity contribution >= 4 is 5.91 Å². The number of hydrogen-bond donors (Lipinski definition) is 1. The van der Waals surface area contributed by atoms with E-state index in [4.69, 9.17) is 0 Å². The van der Waals surface area contributed by atoms with Crippen LogP contribution in [0.1, 0.15) is 26.7 Å². The lowest BCUT2D eigenvalue weighted by Gasteiger charge is -2.25. The van der Waals surface area contributed by atoms with Crippen molar-refractivity contribution in [3.8, 4) is 0 Å². The molecule has 0 atom stereocenters. The van der Waals surface area contributed by atoms with Gasteiger partial charge in [-0.15, -0.1) is 6.58 Å². The molecule has 0 radical (unpaired) electrons. The van der Waals surface area contributed by atoms with Gasteiger partial charge in [0.1, 0.15) is 0 Å². The van der Waals surface area contributed by atoms with Gasteiger partial charge in [-0.1, -0.05) is 6.08 Å². The van der Waals surface area contributed by atoms with Gasteiger partial charge in [-0.3, -0.25) is 4.79 Å². The summed E-state index contributed by atoms with van der Waals surface area (Å²) in [5.74, 6) is 0.173. The predicted molar refractivity (Wildman–Crippen MR) is 58.1 cm³/mol. The fourth-order valence-corrected chi connectivity index (χ4v) is 1.36. The molecule has 0 unspecified atom stereocenters. The van der Waals surface area contributed by atoms with E-state index in [1.807, 2.05) is 18.7 Å². The van der Waals surface area contributed by atoms with Gasteiger partial charge in [0.25, 0.3) is 0 Å². The number of nitrogens with zero attached hydrogens (tertiary/aromatic N) is 1. The van der Waals surface area contributed by atoms with E-state index in [1.165, 1.54) is 12.8 Å². The van der Waals surface area contributed by atoms with E-state index in [-0.39, 0.29) is 11.9 Å². The fourth-order valence-electron chi connectivity index (χ4n) is 1.36. The summed E-state index contributed by atoms with van der Waals surface area (Å²) in [7, 11) is 0. The molecule has 14 heavy (non-hydrogen) atoms. The van der Waals surface area contributed by atoms with E-state index in [9.17, 15) is 4.79 Å². The Morgan fingerprint density at radius 2 is 2.29 bits per heavy atom. The zero-order valence-corrected chi connectivity index (χ0v) is 9.12. The molecule has 0 aromatic carbocycles. The average Bonchev–Trinajstić information content (AvgIpc) is 2.93. The van der Waals surface area contributed by atoms with Crippen LogP contribution in [-0.4, -0.2) is 36.0 Å². The highest BCUT2D eigenvalue weighted by Gasteiger charge is 2.23.